The van der Waals surface area contributed by atoms with E-state index in [4.69, 9.17) is 18.5 Å². The molecule has 0 aromatic heterocycles. The molecular formula is C63H124NO7P. The Balaban J connectivity index is 3.98. The van der Waals surface area contributed by atoms with Crippen molar-refractivity contribution >= 4 is 13.8 Å². The van der Waals surface area contributed by atoms with Crippen molar-refractivity contribution in [1.82, 2.24) is 0 Å². The highest BCUT2D eigenvalue weighted by Gasteiger charge is 2.20. The van der Waals surface area contributed by atoms with E-state index >= 15 is 0 Å². The fraction of sp³-hybridized carbons (Fsp3) is 0.921. The van der Waals surface area contributed by atoms with Gasteiger partial charge in [-0.1, -0.05) is 289 Å². The van der Waals surface area contributed by atoms with Gasteiger partial charge in [-0.15, -0.1) is 0 Å². The van der Waals surface area contributed by atoms with Crippen molar-refractivity contribution in [3.8, 4) is 0 Å². The van der Waals surface area contributed by atoms with Crippen LogP contribution in [0.15, 0.2) is 24.3 Å². The van der Waals surface area contributed by atoms with Gasteiger partial charge in [0.25, 0.3) is 7.82 Å². The maximum Gasteiger partial charge on any atom is 0.306 e. The van der Waals surface area contributed by atoms with Crippen LogP contribution in [-0.2, 0) is 27.9 Å². The molecule has 2 atom stereocenters. The van der Waals surface area contributed by atoms with Gasteiger partial charge in [0.15, 0.2) is 0 Å². The Morgan fingerprint density at radius 3 is 1.12 bits per heavy atom. The number of unbranched alkanes of at least 4 members (excludes halogenated alkanes) is 42. The summed E-state index contributed by atoms with van der Waals surface area (Å²) in [5.41, 5.74) is 0. The lowest BCUT2D eigenvalue weighted by Crippen LogP contribution is -2.37. The Labute approximate surface area is 449 Å². The molecule has 0 aromatic rings. The number of quaternary nitrogens is 1. The Kier molecular flexibility index (Phi) is 55.4. The minimum Gasteiger partial charge on any atom is -0.756 e. The number of likely N-dealkylation sites (N-methyl/N-ethyl adjacent to an activating group) is 1. The molecule has 0 radical (unpaired) electrons. The highest BCUT2D eigenvalue weighted by molar-refractivity contribution is 7.45. The van der Waals surface area contributed by atoms with E-state index in [1.165, 1.54) is 257 Å². The summed E-state index contributed by atoms with van der Waals surface area (Å²) in [6, 6.07) is 0. The van der Waals surface area contributed by atoms with Crippen molar-refractivity contribution < 1.29 is 37.3 Å². The number of phosphoric acid groups is 1. The van der Waals surface area contributed by atoms with E-state index in [-0.39, 0.29) is 25.8 Å². The number of allylic oxidation sites excluding steroid dienone is 4. The molecule has 0 amide bonds. The molecule has 0 saturated carbocycles. The van der Waals surface area contributed by atoms with Gasteiger partial charge >= 0.3 is 5.97 Å². The van der Waals surface area contributed by atoms with Crippen LogP contribution in [-0.4, -0.2) is 70.7 Å². The first kappa shape index (κ1) is 71.0. The number of esters is 1. The van der Waals surface area contributed by atoms with E-state index in [9.17, 15) is 14.3 Å². The summed E-state index contributed by atoms with van der Waals surface area (Å²) in [4.78, 5) is 25.3. The highest BCUT2D eigenvalue weighted by Crippen LogP contribution is 2.38. The van der Waals surface area contributed by atoms with Crippen LogP contribution in [0.25, 0.3) is 0 Å². The molecule has 8 nitrogen and oxygen atoms in total. The predicted molar refractivity (Wildman–Crippen MR) is 310 cm³/mol. The zero-order valence-electron chi connectivity index (χ0n) is 48.9. The Hall–Kier alpha value is -1.02. The van der Waals surface area contributed by atoms with Gasteiger partial charge in [0.1, 0.15) is 19.3 Å². The van der Waals surface area contributed by atoms with Crippen LogP contribution in [0.4, 0.5) is 0 Å². The maximum absolute atomic E-state index is 12.8. The number of nitrogens with zero attached hydrogens (tertiary/aromatic N) is 1. The topological polar surface area (TPSA) is 94.1 Å². The van der Waals surface area contributed by atoms with Crippen molar-refractivity contribution in [2.75, 3.05) is 54.1 Å². The van der Waals surface area contributed by atoms with Crippen molar-refractivity contribution in [2.24, 2.45) is 0 Å². The first-order valence-corrected chi connectivity index (χ1v) is 33.0. The lowest BCUT2D eigenvalue weighted by molar-refractivity contribution is -0.870. The fourth-order valence-corrected chi connectivity index (χ4v) is 10.1. The molecule has 0 bridgehead atoms. The highest BCUT2D eigenvalue weighted by atomic mass is 31.2. The lowest BCUT2D eigenvalue weighted by Gasteiger charge is -2.28. The van der Waals surface area contributed by atoms with Crippen molar-refractivity contribution in [3.05, 3.63) is 24.3 Å². The number of carbonyl (C=O) groups is 1. The van der Waals surface area contributed by atoms with Crippen molar-refractivity contribution in [3.63, 3.8) is 0 Å². The van der Waals surface area contributed by atoms with Crippen LogP contribution < -0.4 is 4.89 Å². The molecule has 0 spiro atoms. The summed E-state index contributed by atoms with van der Waals surface area (Å²) < 4.78 is 34.9. The average Bonchev–Trinajstić information content (AvgIpc) is 3.34. The average molecular weight is 1040 g/mol. The molecule has 2 unspecified atom stereocenters. The normalized spacial score (nSPS) is 13.5. The molecule has 9 heteroatoms. The second-order valence-corrected chi connectivity index (χ2v) is 24.2. The quantitative estimate of drug-likeness (QED) is 0.0197. The van der Waals surface area contributed by atoms with Gasteiger partial charge in [0, 0.05) is 13.0 Å². The SMILES string of the molecule is CCCCCCC/C=C\C/C=C\CCCCCCCCCCCCCCCCOCC(COP(=O)([O-])OCC[N+](C)(C)C)OC(=O)CCCCCCCCCCCCCCCCCCCCCCCCCC. The summed E-state index contributed by atoms with van der Waals surface area (Å²) in [5, 5.41) is 0. The van der Waals surface area contributed by atoms with Gasteiger partial charge in [0.05, 0.1) is 34.4 Å². The van der Waals surface area contributed by atoms with E-state index in [0.29, 0.717) is 24.1 Å². The molecular weight excluding hydrogens is 914 g/mol. The van der Waals surface area contributed by atoms with Gasteiger partial charge in [-0.25, -0.2) is 0 Å². The van der Waals surface area contributed by atoms with E-state index in [1.54, 1.807) is 0 Å². The Bertz CT molecular complexity index is 1200. The van der Waals surface area contributed by atoms with Crippen LogP contribution in [0.5, 0.6) is 0 Å². The maximum atomic E-state index is 12.8. The fourth-order valence-electron chi connectivity index (χ4n) is 9.41. The first-order chi connectivity index (χ1) is 35.1. The zero-order valence-corrected chi connectivity index (χ0v) is 49.8. The Morgan fingerprint density at radius 1 is 0.431 bits per heavy atom. The van der Waals surface area contributed by atoms with Crippen LogP contribution in [0.2, 0.25) is 0 Å². The molecule has 0 heterocycles. The number of hydrogen-bond donors (Lipinski definition) is 0. The molecule has 0 aliphatic rings. The molecule has 72 heavy (non-hydrogen) atoms. The smallest absolute Gasteiger partial charge is 0.306 e. The molecule has 0 aliphatic heterocycles. The van der Waals surface area contributed by atoms with E-state index in [1.807, 2.05) is 21.1 Å². The van der Waals surface area contributed by atoms with Crippen molar-refractivity contribution in [1.29, 1.82) is 0 Å². The summed E-state index contributed by atoms with van der Waals surface area (Å²) in [6.07, 6.45) is 69.5. The third-order valence-electron chi connectivity index (χ3n) is 14.3. The molecule has 0 rings (SSSR count). The van der Waals surface area contributed by atoms with Crippen LogP contribution in [0, 0.1) is 0 Å². The van der Waals surface area contributed by atoms with E-state index in [0.717, 1.165) is 38.5 Å². The molecule has 0 N–H and O–H groups in total. The van der Waals surface area contributed by atoms with Gasteiger partial charge < -0.3 is 27.9 Å². The monoisotopic (exact) mass is 1040 g/mol. The van der Waals surface area contributed by atoms with Gasteiger partial charge in [-0.3, -0.25) is 9.36 Å². The third kappa shape index (κ3) is 59.9. The summed E-state index contributed by atoms with van der Waals surface area (Å²) in [6.45, 7) is 5.48. The van der Waals surface area contributed by atoms with Crippen LogP contribution in [0.3, 0.4) is 0 Å². The first-order valence-electron chi connectivity index (χ1n) is 31.6. The standard InChI is InChI=1S/C63H124NO7P/c1-6-8-10-12-14-16-18-20-22-24-26-28-30-32-33-35-37-39-41-43-45-47-49-51-53-55-58-68-60-62(61-70-72(66,67)69-59-57-64(3,4)5)71-63(65)56-54-52-50-48-46-44-42-40-38-36-34-31-29-27-25-23-21-19-17-15-13-11-9-7-2/h18,20,24,26,62H,6-17,19,21-23,25,27-61H2,1-5H3/b20-18-,26-24-. The molecule has 0 aromatic carbocycles. The summed E-state index contributed by atoms with van der Waals surface area (Å²) in [5.74, 6) is -0.325. The number of hydrogen-bond acceptors (Lipinski definition) is 7. The largest absolute Gasteiger partial charge is 0.756 e. The molecule has 0 saturated heterocycles. The number of phosphoric ester groups is 1. The molecule has 0 aliphatic carbocycles. The summed E-state index contributed by atoms with van der Waals surface area (Å²) >= 11 is 0. The number of rotatable bonds is 60. The third-order valence-corrected chi connectivity index (χ3v) is 15.2. The van der Waals surface area contributed by atoms with E-state index < -0.39 is 13.9 Å². The van der Waals surface area contributed by atoms with Gasteiger partial charge in [-0.2, -0.15) is 0 Å². The molecule has 428 valence electrons. The minimum absolute atomic E-state index is 0.0294. The second kappa shape index (κ2) is 56.2. The summed E-state index contributed by atoms with van der Waals surface area (Å²) in [7, 11) is 1.38. The van der Waals surface area contributed by atoms with Gasteiger partial charge in [0.2, 0.25) is 0 Å². The van der Waals surface area contributed by atoms with E-state index in [2.05, 4.69) is 38.2 Å². The van der Waals surface area contributed by atoms with Crippen LogP contribution in [0.1, 0.15) is 316 Å². The molecule has 0 fully saturated rings. The van der Waals surface area contributed by atoms with Crippen molar-refractivity contribution in [2.45, 2.75) is 322 Å². The number of ether oxygens (including phenoxy) is 2. The zero-order chi connectivity index (χ0) is 52.6. The van der Waals surface area contributed by atoms with Gasteiger partial charge in [-0.05, 0) is 44.9 Å². The number of carbonyl (C=O) groups excluding carboxylic acids is 1. The second-order valence-electron chi connectivity index (χ2n) is 22.8. The predicted octanol–water partition coefficient (Wildman–Crippen LogP) is 19.6. The van der Waals surface area contributed by atoms with Crippen LogP contribution >= 0.6 is 7.82 Å². The Morgan fingerprint density at radius 2 is 0.764 bits per heavy atom. The lowest BCUT2D eigenvalue weighted by atomic mass is 10.0. The minimum atomic E-state index is -4.53.